The Kier molecular flexibility index (Phi) is 2.32. The van der Waals surface area contributed by atoms with E-state index in [0.29, 0.717) is 6.04 Å². The van der Waals surface area contributed by atoms with Gasteiger partial charge >= 0.3 is 0 Å². The lowest BCUT2D eigenvalue weighted by Crippen LogP contribution is -2.04. The summed E-state index contributed by atoms with van der Waals surface area (Å²) in [5.74, 6) is 1.62. The summed E-state index contributed by atoms with van der Waals surface area (Å²) in [6.07, 6.45) is 3.58. The van der Waals surface area contributed by atoms with Gasteiger partial charge in [-0.05, 0) is 18.3 Å². The van der Waals surface area contributed by atoms with Gasteiger partial charge in [-0.2, -0.15) is 0 Å². The van der Waals surface area contributed by atoms with Crippen LogP contribution in [0.25, 0.3) is 4.85 Å². The summed E-state index contributed by atoms with van der Waals surface area (Å²) in [4.78, 5) is 3.57. The predicted octanol–water partition coefficient (Wildman–Crippen LogP) is 2.73. The zero-order chi connectivity index (χ0) is 7.56. The summed E-state index contributed by atoms with van der Waals surface area (Å²) in [5.41, 5.74) is 0. The Morgan fingerprint density at radius 1 is 1.40 bits per heavy atom. The standard InChI is InChI=1S/C9H15N/c1-7(2)8-4-5-9(6-8)10-3/h7-9H,4-6H2,1-2H3/t8-,9-/m0/s1. The fourth-order valence-electron chi connectivity index (χ4n) is 1.71. The van der Waals surface area contributed by atoms with Crippen molar-refractivity contribution < 1.29 is 0 Å². The molecule has 0 heterocycles. The van der Waals surface area contributed by atoms with Crippen molar-refractivity contribution in [2.75, 3.05) is 0 Å². The monoisotopic (exact) mass is 137 g/mol. The molecule has 2 atom stereocenters. The fourth-order valence-corrected chi connectivity index (χ4v) is 1.71. The molecule has 1 fully saturated rings. The Morgan fingerprint density at radius 2 is 2.10 bits per heavy atom. The van der Waals surface area contributed by atoms with Gasteiger partial charge in [-0.15, -0.1) is 0 Å². The molecule has 0 aromatic heterocycles. The van der Waals surface area contributed by atoms with Gasteiger partial charge in [0.15, 0.2) is 0 Å². The summed E-state index contributed by atoms with van der Waals surface area (Å²) in [6, 6.07) is 0.354. The molecular weight excluding hydrogens is 122 g/mol. The average molecular weight is 137 g/mol. The van der Waals surface area contributed by atoms with Crippen molar-refractivity contribution in [3.8, 4) is 0 Å². The van der Waals surface area contributed by atoms with Crippen LogP contribution >= 0.6 is 0 Å². The van der Waals surface area contributed by atoms with Crippen molar-refractivity contribution in [2.24, 2.45) is 11.8 Å². The summed E-state index contributed by atoms with van der Waals surface area (Å²) in [5, 5.41) is 0. The number of hydrogen-bond acceptors (Lipinski definition) is 0. The van der Waals surface area contributed by atoms with Gasteiger partial charge in [-0.3, -0.25) is 0 Å². The third kappa shape index (κ3) is 1.50. The van der Waals surface area contributed by atoms with E-state index in [2.05, 4.69) is 18.7 Å². The van der Waals surface area contributed by atoms with Crippen molar-refractivity contribution in [3.63, 3.8) is 0 Å². The van der Waals surface area contributed by atoms with Gasteiger partial charge in [0.05, 0.1) is 0 Å². The molecule has 1 nitrogen and oxygen atoms in total. The largest absolute Gasteiger partial charge is 0.314 e. The third-order valence-electron chi connectivity index (χ3n) is 2.57. The lowest BCUT2D eigenvalue weighted by atomic mass is 9.94. The van der Waals surface area contributed by atoms with Gasteiger partial charge in [0, 0.05) is 12.8 Å². The second-order valence-electron chi connectivity index (χ2n) is 3.60. The quantitative estimate of drug-likeness (QED) is 0.489. The first kappa shape index (κ1) is 7.60. The van der Waals surface area contributed by atoms with Gasteiger partial charge in [-0.1, -0.05) is 13.8 Å². The van der Waals surface area contributed by atoms with Crippen molar-refractivity contribution in [1.29, 1.82) is 0 Å². The molecule has 10 heavy (non-hydrogen) atoms. The molecule has 1 rings (SSSR count). The maximum Gasteiger partial charge on any atom is 0.224 e. The summed E-state index contributed by atoms with van der Waals surface area (Å²) >= 11 is 0. The van der Waals surface area contributed by atoms with E-state index in [4.69, 9.17) is 6.57 Å². The fraction of sp³-hybridized carbons (Fsp3) is 0.889. The molecule has 0 bridgehead atoms. The molecule has 1 saturated carbocycles. The molecule has 1 aliphatic rings. The topological polar surface area (TPSA) is 4.36 Å². The summed E-state index contributed by atoms with van der Waals surface area (Å²) < 4.78 is 0. The van der Waals surface area contributed by atoms with Crippen LogP contribution in [0.1, 0.15) is 33.1 Å². The molecule has 0 amide bonds. The van der Waals surface area contributed by atoms with Crippen LogP contribution in [0.4, 0.5) is 0 Å². The van der Waals surface area contributed by atoms with E-state index < -0.39 is 0 Å². The van der Waals surface area contributed by atoms with Gasteiger partial charge < -0.3 is 4.85 Å². The molecule has 56 valence electrons. The highest BCUT2D eigenvalue weighted by molar-refractivity contribution is 4.88. The van der Waals surface area contributed by atoms with E-state index in [9.17, 15) is 0 Å². The van der Waals surface area contributed by atoms with Crippen molar-refractivity contribution in [1.82, 2.24) is 0 Å². The van der Waals surface area contributed by atoms with Crippen LogP contribution in [0.15, 0.2) is 0 Å². The lowest BCUT2D eigenvalue weighted by Gasteiger charge is -2.10. The first-order valence-corrected chi connectivity index (χ1v) is 4.10. The molecule has 0 N–H and O–H groups in total. The Balaban J connectivity index is 2.37. The van der Waals surface area contributed by atoms with Crippen molar-refractivity contribution in [3.05, 3.63) is 11.4 Å². The van der Waals surface area contributed by atoms with Crippen LogP contribution in [-0.4, -0.2) is 6.04 Å². The minimum atomic E-state index is 0.354. The molecule has 0 aromatic carbocycles. The molecule has 1 aliphatic carbocycles. The summed E-state index contributed by atoms with van der Waals surface area (Å²) in [7, 11) is 0. The van der Waals surface area contributed by atoms with Crippen molar-refractivity contribution in [2.45, 2.75) is 39.2 Å². The van der Waals surface area contributed by atoms with Crippen LogP contribution in [-0.2, 0) is 0 Å². The van der Waals surface area contributed by atoms with E-state index in [-0.39, 0.29) is 0 Å². The molecule has 0 spiro atoms. The Hall–Kier alpha value is -0.510. The van der Waals surface area contributed by atoms with Crippen LogP contribution in [0.3, 0.4) is 0 Å². The van der Waals surface area contributed by atoms with Crippen molar-refractivity contribution >= 4 is 0 Å². The zero-order valence-corrected chi connectivity index (χ0v) is 6.80. The molecule has 1 heteroatoms. The highest BCUT2D eigenvalue weighted by atomic mass is 14.7. The molecule has 0 aliphatic heterocycles. The van der Waals surface area contributed by atoms with Crippen LogP contribution < -0.4 is 0 Å². The van der Waals surface area contributed by atoms with Crippen LogP contribution in [0, 0.1) is 18.4 Å². The Morgan fingerprint density at radius 3 is 2.40 bits per heavy atom. The maximum atomic E-state index is 6.86. The normalized spacial score (nSPS) is 32.6. The highest BCUT2D eigenvalue weighted by Crippen LogP contribution is 2.32. The van der Waals surface area contributed by atoms with E-state index in [0.717, 1.165) is 24.7 Å². The Bertz CT molecular complexity index is 143. The van der Waals surface area contributed by atoms with Gasteiger partial charge in [-0.25, -0.2) is 6.57 Å². The lowest BCUT2D eigenvalue weighted by molar-refractivity contribution is 0.395. The molecule has 0 aromatic rings. The van der Waals surface area contributed by atoms with E-state index in [1.165, 1.54) is 6.42 Å². The van der Waals surface area contributed by atoms with Gasteiger partial charge in [0.2, 0.25) is 6.04 Å². The van der Waals surface area contributed by atoms with E-state index in [1.54, 1.807) is 0 Å². The first-order valence-electron chi connectivity index (χ1n) is 4.10. The molecule has 0 unspecified atom stereocenters. The van der Waals surface area contributed by atoms with Gasteiger partial charge in [0.1, 0.15) is 0 Å². The average Bonchev–Trinajstić information content (AvgIpc) is 2.34. The zero-order valence-electron chi connectivity index (χ0n) is 6.80. The second kappa shape index (κ2) is 3.05. The number of rotatable bonds is 1. The number of nitrogens with zero attached hydrogens (tertiary/aromatic N) is 1. The third-order valence-corrected chi connectivity index (χ3v) is 2.57. The highest BCUT2D eigenvalue weighted by Gasteiger charge is 2.29. The SMILES string of the molecule is [C-]#[N+][C@H]1CC[C@H](C(C)C)C1. The second-order valence-corrected chi connectivity index (χ2v) is 3.60. The minimum absolute atomic E-state index is 0.354. The van der Waals surface area contributed by atoms with Crippen LogP contribution in [0.5, 0.6) is 0 Å². The first-order chi connectivity index (χ1) is 4.74. The summed E-state index contributed by atoms with van der Waals surface area (Å²) in [6.45, 7) is 11.4. The number of hydrogen-bond donors (Lipinski definition) is 0. The molecular formula is C9H15N. The predicted molar refractivity (Wildman–Crippen MR) is 42.6 cm³/mol. The van der Waals surface area contributed by atoms with Crippen LogP contribution in [0.2, 0.25) is 0 Å². The van der Waals surface area contributed by atoms with Gasteiger partial charge in [0.25, 0.3) is 0 Å². The minimum Gasteiger partial charge on any atom is -0.314 e. The molecule has 0 saturated heterocycles. The maximum absolute atomic E-state index is 6.86. The smallest absolute Gasteiger partial charge is 0.224 e. The molecule has 0 radical (unpaired) electrons. The van der Waals surface area contributed by atoms with E-state index >= 15 is 0 Å². The van der Waals surface area contributed by atoms with E-state index in [1.807, 2.05) is 0 Å². The Labute approximate surface area is 63.3 Å².